The van der Waals surface area contributed by atoms with Gasteiger partial charge in [0.05, 0.1) is 23.4 Å². The van der Waals surface area contributed by atoms with Crippen molar-refractivity contribution in [2.24, 2.45) is 5.92 Å². The molecule has 0 aliphatic carbocycles. The van der Waals surface area contributed by atoms with Gasteiger partial charge in [0.15, 0.2) is 5.82 Å². The Morgan fingerprint density at radius 2 is 2.39 bits per heavy atom. The minimum absolute atomic E-state index is 0.0849. The standard InChI is InChI=1S/C15H17FN4O3/c1-23-6-5-17-15(22)9-7-12(21)20(8-9)14-13-10(16)3-2-4-11(13)18-19-14/h2-4,9H,5-8H2,1H3,(H,17,22)(H,18,19)/t9-/m1/s1. The van der Waals surface area contributed by atoms with Crippen LogP contribution in [0.25, 0.3) is 10.9 Å². The van der Waals surface area contributed by atoms with E-state index in [4.69, 9.17) is 4.74 Å². The van der Waals surface area contributed by atoms with Gasteiger partial charge in [-0.3, -0.25) is 19.6 Å². The van der Waals surface area contributed by atoms with Crippen molar-refractivity contribution in [2.45, 2.75) is 6.42 Å². The van der Waals surface area contributed by atoms with Crippen molar-refractivity contribution in [3.05, 3.63) is 24.0 Å². The minimum atomic E-state index is -0.474. The molecule has 2 heterocycles. The number of anilines is 1. The highest BCUT2D eigenvalue weighted by Gasteiger charge is 2.37. The highest BCUT2D eigenvalue weighted by Crippen LogP contribution is 2.31. The van der Waals surface area contributed by atoms with Crippen LogP contribution in [0.3, 0.4) is 0 Å². The number of aromatic nitrogens is 2. The van der Waals surface area contributed by atoms with Gasteiger partial charge in [0.25, 0.3) is 0 Å². The minimum Gasteiger partial charge on any atom is -0.383 e. The topological polar surface area (TPSA) is 87.3 Å². The van der Waals surface area contributed by atoms with E-state index in [1.54, 1.807) is 19.2 Å². The second kappa shape index (κ2) is 6.33. The van der Waals surface area contributed by atoms with E-state index < -0.39 is 11.7 Å². The SMILES string of the molecule is COCCNC(=O)[C@@H]1CC(=O)N(c2n[nH]c3cccc(F)c23)C1. The second-order valence-electron chi connectivity index (χ2n) is 5.40. The first kappa shape index (κ1) is 15.4. The predicted molar refractivity (Wildman–Crippen MR) is 81.4 cm³/mol. The monoisotopic (exact) mass is 320 g/mol. The number of halogens is 1. The van der Waals surface area contributed by atoms with Crippen molar-refractivity contribution in [2.75, 3.05) is 31.7 Å². The van der Waals surface area contributed by atoms with Gasteiger partial charge < -0.3 is 10.1 Å². The molecular formula is C15H17FN4O3. The zero-order chi connectivity index (χ0) is 16.4. The van der Waals surface area contributed by atoms with Crippen LogP contribution < -0.4 is 10.2 Å². The number of methoxy groups -OCH3 is 1. The van der Waals surface area contributed by atoms with Crippen LogP contribution in [0.4, 0.5) is 10.2 Å². The predicted octanol–water partition coefficient (Wildman–Crippen LogP) is 0.818. The average molecular weight is 320 g/mol. The zero-order valence-corrected chi connectivity index (χ0v) is 12.6. The van der Waals surface area contributed by atoms with Crippen LogP contribution >= 0.6 is 0 Å². The number of carbonyl (C=O) groups is 2. The molecule has 0 bridgehead atoms. The van der Waals surface area contributed by atoms with E-state index in [-0.39, 0.29) is 36.0 Å². The van der Waals surface area contributed by atoms with Crippen LogP contribution in [0.15, 0.2) is 18.2 Å². The maximum atomic E-state index is 14.0. The molecule has 23 heavy (non-hydrogen) atoms. The van der Waals surface area contributed by atoms with E-state index in [2.05, 4.69) is 15.5 Å². The fourth-order valence-corrected chi connectivity index (χ4v) is 2.72. The third-order valence-electron chi connectivity index (χ3n) is 3.88. The molecule has 1 saturated heterocycles. The molecule has 2 amide bonds. The number of aromatic amines is 1. The summed E-state index contributed by atoms with van der Waals surface area (Å²) in [6, 6.07) is 4.57. The fourth-order valence-electron chi connectivity index (χ4n) is 2.72. The molecule has 1 aliphatic rings. The summed E-state index contributed by atoms with van der Waals surface area (Å²) >= 11 is 0. The number of nitrogens with one attached hydrogen (secondary N) is 2. The molecule has 0 saturated carbocycles. The number of amides is 2. The van der Waals surface area contributed by atoms with Gasteiger partial charge in [-0.2, -0.15) is 5.10 Å². The Balaban J connectivity index is 1.78. The number of ether oxygens (including phenoxy) is 1. The Hall–Kier alpha value is -2.48. The van der Waals surface area contributed by atoms with E-state index >= 15 is 0 Å². The highest BCUT2D eigenvalue weighted by atomic mass is 19.1. The molecule has 1 aliphatic heterocycles. The molecule has 0 spiro atoms. The number of H-pyrrole nitrogens is 1. The summed E-state index contributed by atoms with van der Waals surface area (Å²) < 4.78 is 18.9. The van der Waals surface area contributed by atoms with Gasteiger partial charge in [-0.05, 0) is 12.1 Å². The first-order valence-electron chi connectivity index (χ1n) is 7.31. The molecule has 2 aromatic rings. The summed E-state index contributed by atoms with van der Waals surface area (Å²) in [6.07, 6.45) is 0.0849. The molecular weight excluding hydrogens is 303 g/mol. The molecule has 1 aromatic heterocycles. The molecule has 3 rings (SSSR count). The summed E-state index contributed by atoms with van der Waals surface area (Å²) in [7, 11) is 1.55. The van der Waals surface area contributed by atoms with E-state index in [0.29, 0.717) is 18.7 Å². The van der Waals surface area contributed by atoms with Crippen LogP contribution in [0.2, 0.25) is 0 Å². The Bertz CT molecular complexity index is 745. The highest BCUT2D eigenvalue weighted by molar-refractivity contribution is 6.05. The summed E-state index contributed by atoms with van der Waals surface area (Å²) in [5.41, 5.74) is 0.515. The van der Waals surface area contributed by atoms with Gasteiger partial charge in [-0.25, -0.2) is 4.39 Å². The van der Waals surface area contributed by atoms with Crippen molar-refractivity contribution in [1.82, 2.24) is 15.5 Å². The molecule has 1 atom stereocenters. The Labute approximate surface area is 131 Å². The summed E-state index contributed by atoms with van der Waals surface area (Å²) in [5, 5.41) is 9.74. The Kier molecular flexibility index (Phi) is 4.24. The van der Waals surface area contributed by atoms with Crippen LogP contribution in [0.1, 0.15) is 6.42 Å². The van der Waals surface area contributed by atoms with Crippen LogP contribution in [0, 0.1) is 11.7 Å². The number of fused-ring (bicyclic) bond motifs is 1. The van der Waals surface area contributed by atoms with Gasteiger partial charge in [0.2, 0.25) is 11.8 Å². The van der Waals surface area contributed by atoms with Crippen molar-refractivity contribution in [3.8, 4) is 0 Å². The maximum absolute atomic E-state index is 14.0. The number of hydrogen-bond acceptors (Lipinski definition) is 4. The lowest BCUT2D eigenvalue weighted by atomic mass is 10.1. The quantitative estimate of drug-likeness (QED) is 0.799. The largest absolute Gasteiger partial charge is 0.383 e. The van der Waals surface area contributed by atoms with Crippen LogP contribution in [0.5, 0.6) is 0 Å². The number of rotatable bonds is 5. The van der Waals surface area contributed by atoms with Gasteiger partial charge in [0.1, 0.15) is 5.82 Å². The third-order valence-corrected chi connectivity index (χ3v) is 3.88. The third kappa shape index (κ3) is 2.89. The summed E-state index contributed by atoms with van der Waals surface area (Å²) in [6.45, 7) is 0.983. The van der Waals surface area contributed by atoms with Gasteiger partial charge >= 0.3 is 0 Å². The molecule has 1 fully saturated rings. The first-order valence-corrected chi connectivity index (χ1v) is 7.31. The molecule has 0 radical (unpaired) electrons. The van der Waals surface area contributed by atoms with Crippen molar-refractivity contribution >= 4 is 28.5 Å². The first-order chi connectivity index (χ1) is 11.1. The van der Waals surface area contributed by atoms with E-state index in [1.165, 1.54) is 11.0 Å². The Morgan fingerprint density at radius 3 is 3.17 bits per heavy atom. The summed E-state index contributed by atoms with van der Waals surface area (Å²) in [5.74, 6) is -1.15. The lowest BCUT2D eigenvalue weighted by Gasteiger charge is -2.14. The smallest absolute Gasteiger partial charge is 0.229 e. The zero-order valence-electron chi connectivity index (χ0n) is 12.6. The number of nitrogens with zero attached hydrogens (tertiary/aromatic N) is 2. The number of benzene rings is 1. The molecule has 122 valence electrons. The lowest BCUT2D eigenvalue weighted by Crippen LogP contribution is -2.34. The van der Waals surface area contributed by atoms with Gasteiger partial charge in [0, 0.05) is 26.6 Å². The molecule has 0 unspecified atom stereocenters. The molecule has 7 nitrogen and oxygen atoms in total. The Morgan fingerprint density at radius 1 is 1.57 bits per heavy atom. The molecule has 8 heteroatoms. The van der Waals surface area contributed by atoms with Gasteiger partial charge in [-0.15, -0.1) is 0 Å². The van der Waals surface area contributed by atoms with Crippen molar-refractivity contribution < 1.29 is 18.7 Å². The van der Waals surface area contributed by atoms with Gasteiger partial charge in [-0.1, -0.05) is 6.07 Å². The number of hydrogen-bond donors (Lipinski definition) is 2. The van der Waals surface area contributed by atoms with Crippen LogP contribution in [-0.2, 0) is 14.3 Å². The van der Waals surface area contributed by atoms with Crippen molar-refractivity contribution in [1.29, 1.82) is 0 Å². The molecule has 1 aromatic carbocycles. The van der Waals surface area contributed by atoms with E-state index in [0.717, 1.165) is 0 Å². The van der Waals surface area contributed by atoms with Crippen LogP contribution in [-0.4, -0.2) is 48.8 Å². The average Bonchev–Trinajstić information content (AvgIpc) is 3.11. The maximum Gasteiger partial charge on any atom is 0.229 e. The van der Waals surface area contributed by atoms with E-state index in [1.807, 2.05) is 0 Å². The van der Waals surface area contributed by atoms with E-state index in [9.17, 15) is 14.0 Å². The molecule has 2 N–H and O–H groups in total. The normalized spacial score (nSPS) is 17.9. The van der Waals surface area contributed by atoms with Crippen molar-refractivity contribution in [3.63, 3.8) is 0 Å². The number of carbonyl (C=O) groups excluding carboxylic acids is 2. The fraction of sp³-hybridized carbons (Fsp3) is 0.400. The second-order valence-corrected chi connectivity index (χ2v) is 5.40. The summed E-state index contributed by atoms with van der Waals surface area (Å²) in [4.78, 5) is 25.6. The lowest BCUT2D eigenvalue weighted by molar-refractivity contribution is -0.126.